The summed E-state index contributed by atoms with van der Waals surface area (Å²) >= 11 is 0. The molecule has 6 nitrogen and oxygen atoms in total. The molecule has 1 fully saturated rings. The molecule has 0 aromatic carbocycles. The molecule has 1 aliphatic rings. The lowest BCUT2D eigenvalue weighted by molar-refractivity contribution is -0.150. The highest BCUT2D eigenvalue weighted by Gasteiger charge is 2.40. The Morgan fingerprint density at radius 2 is 2.06 bits per heavy atom. The molecule has 0 bridgehead atoms. The van der Waals surface area contributed by atoms with Crippen LogP contribution in [0.3, 0.4) is 0 Å². The molecule has 0 radical (unpaired) electrons. The molecule has 104 valence electrons. The van der Waals surface area contributed by atoms with Gasteiger partial charge in [0.2, 0.25) is 5.91 Å². The van der Waals surface area contributed by atoms with Crippen molar-refractivity contribution in [1.82, 2.24) is 4.90 Å². The van der Waals surface area contributed by atoms with Gasteiger partial charge in [0, 0.05) is 19.5 Å². The maximum absolute atomic E-state index is 12.2. The number of rotatable bonds is 5. The number of likely N-dealkylation sites (tertiary alicyclic amines) is 1. The SMILES string of the molecule is CC(C)CC(CN)C(=O)N1C[C@H](O)C[C@@H]1C(=O)O. The first-order chi connectivity index (χ1) is 8.36. The van der Waals surface area contributed by atoms with Crippen molar-refractivity contribution < 1.29 is 19.8 Å². The van der Waals surface area contributed by atoms with Gasteiger partial charge in [0.05, 0.1) is 12.0 Å². The molecule has 0 aliphatic carbocycles. The number of hydrogen-bond acceptors (Lipinski definition) is 4. The standard InChI is InChI=1S/C12H22N2O4/c1-7(2)3-8(5-13)11(16)14-6-9(15)4-10(14)12(17)18/h7-10,15H,3-6,13H2,1-2H3,(H,17,18)/t8?,9-,10-/m1/s1. The summed E-state index contributed by atoms with van der Waals surface area (Å²) in [4.78, 5) is 24.6. The normalized spacial score (nSPS) is 25.5. The number of carboxylic acid groups (broad SMARTS) is 1. The van der Waals surface area contributed by atoms with Crippen molar-refractivity contribution in [2.24, 2.45) is 17.6 Å². The van der Waals surface area contributed by atoms with Crippen molar-refractivity contribution in [3.8, 4) is 0 Å². The smallest absolute Gasteiger partial charge is 0.326 e. The zero-order chi connectivity index (χ0) is 13.9. The molecule has 6 heteroatoms. The molecule has 1 heterocycles. The number of β-amino-alcohol motifs (C(OH)–C–C–N with tert-alkyl or cyclic N) is 1. The summed E-state index contributed by atoms with van der Waals surface area (Å²) in [6.07, 6.45) is -0.0265. The molecule has 0 aromatic rings. The van der Waals surface area contributed by atoms with E-state index in [1.807, 2.05) is 13.8 Å². The van der Waals surface area contributed by atoms with Gasteiger partial charge >= 0.3 is 5.97 Å². The lowest BCUT2D eigenvalue weighted by Gasteiger charge is -2.26. The Hall–Kier alpha value is -1.14. The molecule has 3 atom stereocenters. The Labute approximate surface area is 107 Å². The fourth-order valence-electron chi connectivity index (χ4n) is 2.39. The summed E-state index contributed by atoms with van der Waals surface area (Å²) in [5, 5.41) is 18.6. The zero-order valence-corrected chi connectivity index (χ0v) is 10.9. The van der Waals surface area contributed by atoms with Gasteiger partial charge in [-0.15, -0.1) is 0 Å². The summed E-state index contributed by atoms with van der Waals surface area (Å²) < 4.78 is 0. The van der Waals surface area contributed by atoms with Crippen molar-refractivity contribution in [1.29, 1.82) is 0 Å². The minimum Gasteiger partial charge on any atom is -0.480 e. The van der Waals surface area contributed by atoms with Crippen molar-refractivity contribution in [3.05, 3.63) is 0 Å². The monoisotopic (exact) mass is 258 g/mol. The lowest BCUT2D eigenvalue weighted by atomic mass is 9.95. The first-order valence-electron chi connectivity index (χ1n) is 6.28. The van der Waals surface area contributed by atoms with Crippen LogP contribution in [0.2, 0.25) is 0 Å². The van der Waals surface area contributed by atoms with Crippen LogP contribution in [0, 0.1) is 11.8 Å². The van der Waals surface area contributed by atoms with Gasteiger partial charge in [0.25, 0.3) is 0 Å². The number of amides is 1. The highest BCUT2D eigenvalue weighted by atomic mass is 16.4. The highest BCUT2D eigenvalue weighted by molar-refractivity contribution is 5.86. The Morgan fingerprint density at radius 3 is 2.50 bits per heavy atom. The molecule has 1 rings (SSSR count). The number of nitrogens with zero attached hydrogens (tertiary/aromatic N) is 1. The van der Waals surface area contributed by atoms with Crippen LogP contribution in [0.4, 0.5) is 0 Å². The van der Waals surface area contributed by atoms with E-state index in [2.05, 4.69) is 0 Å². The zero-order valence-electron chi connectivity index (χ0n) is 10.9. The van der Waals surface area contributed by atoms with Crippen molar-refractivity contribution in [3.63, 3.8) is 0 Å². The molecule has 0 spiro atoms. The van der Waals surface area contributed by atoms with Crippen LogP contribution in [-0.4, -0.2) is 52.2 Å². The fraction of sp³-hybridized carbons (Fsp3) is 0.833. The largest absolute Gasteiger partial charge is 0.480 e. The molecule has 18 heavy (non-hydrogen) atoms. The summed E-state index contributed by atoms with van der Waals surface area (Å²) in [5.74, 6) is -1.37. The topological polar surface area (TPSA) is 104 Å². The molecular formula is C12H22N2O4. The van der Waals surface area contributed by atoms with Gasteiger partial charge in [0.1, 0.15) is 6.04 Å². The van der Waals surface area contributed by atoms with E-state index in [0.717, 1.165) is 0 Å². The van der Waals surface area contributed by atoms with E-state index in [1.165, 1.54) is 4.90 Å². The molecule has 1 aliphatic heterocycles. The molecule has 0 saturated carbocycles. The number of aliphatic hydroxyl groups is 1. The molecule has 4 N–H and O–H groups in total. The van der Waals surface area contributed by atoms with E-state index in [1.54, 1.807) is 0 Å². The van der Waals surface area contributed by atoms with Crippen LogP contribution < -0.4 is 5.73 Å². The number of aliphatic hydroxyl groups excluding tert-OH is 1. The molecule has 0 aromatic heterocycles. The predicted molar refractivity (Wildman–Crippen MR) is 65.8 cm³/mol. The van der Waals surface area contributed by atoms with Crippen LogP contribution in [-0.2, 0) is 9.59 Å². The van der Waals surface area contributed by atoms with Crippen LogP contribution in [0.25, 0.3) is 0 Å². The second kappa shape index (κ2) is 6.15. The third-order valence-corrected chi connectivity index (χ3v) is 3.24. The van der Waals surface area contributed by atoms with E-state index in [-0.39, 0.29) is 31.3 Å². The number of carboxylic acids is 1. The maximum atomic E-state index is 12.2. The van der Waals surface area contributed by atoms with Gasteiger partial charge < -0.3 is 20.8 Å². The minimum atomic E-state index is -1.07. The van der Waals surface area contributed by atoms with E-state index in [0.29, 0.717) is 12.3 Å². The Bertz CT molecular complexity index is 319. The van der Waals surface area contributed by atoms with E-state index in [9.17, 15) is 14.7 Å². The summed E-state index contributed by atoms with van der Waals surface area (Å²) in [5.41, 5.74) is 5.59. The van der Waals surface area contributed by atoms with Gasteiger partial charge in [0.15, 0.2) is 0 Å². The number of aliphatic carboxylic acids is 1. The molecule has 1 saturated heterocycles. The van der Waals surface area contributed by atoms with Crippen molar-refractivity contribution in [2.45, 2.75) is 38.8 Å². The van der Waals surface area contributed by atoms with Crippen LogP contribution >= 0.6 is 0 Å². The maximum Gasteiger partial charge on any atom is 0.326 e. The summed E-state index contributed by atoms with van der Waals surface area (Å²) in [6.45, 7) is 4.27. The van der Waals surface area contributed by atoms with Gasteiger partial charge in [-0.2, -0.15) is 0 Å². The number of nitrogens with two attached hydrogens (primary N) is 1. The third kappa shape index (κ3) is 3.43. The minimum absolute atomic E-state index is 0.0877. The average molecular weight is 258 g/mol. The Morgan fingerprint density at radius 1 is 1.44 bits per heavy atom. The molecule has 1 amide bonds. The number of carbonyl (C=O) groups is 2. The van der Waals surface area contributed by atoms with Gasteiger partial charge in [-0.25, -0.2) is 4.79 Å². The Kier molecular flexibility index (Phi) is 5.10. The van der Waals surface area contributed by atoms with Crippen molar-refractivity contribution in [2.75, 3.05) is 13.1 Å². The van der Waals surface area contributed by atoms with Crippen LogP contribution in [0.15, 0.2) is 0 Å². The van der Waals surface area contributed by atoms with E-state index < -0.39 is 18.1 Å². The quantitative estimate of drug-likeness (QED) is 0.625. The second-order valence-electron chi connectivity index (χ2n) is 5.30. The first-order valence-corrected chi connectivity index (χ1v) is 6.28. The van der Waals surface area contributed by atoms with Gasteiger partial charge in [-0.3, -0.25) is 4.79 Å². The summed E-state index contributed by atoms with van der Waals surface area (Å²) in [7, 11) is 0. The van der Waals surface area contributed by atoms with E-state index in [4.69, 9.17) is 10.8 Å². The fourth-order valence-corrected chi connectivity index (χ4v) is 2.39. The average Bonchev–Trinajstić information content (AvgIpc) is 2.67. The highest BCUT2D eigenvalue weighted by Crippen LogP contribution is 2.23. The lowest BCUT2D eigenvalue weighted by Crippen LogP contribution is -2.45. The second-order valence-corrected chi connectivity index (χ2v) is 5.30. The van der Waals surface area contributed by atoms with Gasteiger partial charge in [-0.1, -0.05) is 13.8 Å². The summed E-state index contributed by atoms with van der Waals surface area (Å²) in [6, 6.07) is -0.922. The van der Waals surface area contributed by atoms with Crippen LogP contribution in [0.1, 0.15) is 26.7 Å². The predicted octanol–water partition coefficient (Wildman–Crippen LogP) is -0.346. The number of carbonyl (C=O) groups excluding carboxylic acids is 1. The number of hydrogen-bond donors (Lipinski definition) is 3. The van der Waals surface area contributed by atoms with Crippen LogP contribution in [0.5, 0.6) is 0 Å². The Balaban J connectivity index is 2.77. The molecular weight excluding hydrogens is 236 g/mol. The van der Waals surface area contributed by atoms with E-state index >= 15 is 0 Å². The molecule has 1 unspecified atom stereocenters. The van der Waals surface area contributed by atoms with Gasteiger partial charge in [-0.05, 0) is 12.3 Å². The van der Waals surface area contributed by atoms with Crippen molar-refractivity contribution >= 4 is 11.9 Å². The third-order valence-electron chi connectivity index (χ3n) is 3.24. The first kappa shape index (κ1) is 14.9.